The van der Waals surface area contributed by atoms with Crippen LogP contribution in [0.25, 0.3) is 11.0 Å². The molecule has 0 saturated carbocycles. The molecule has 3 rings (SSSR count). The van der Waals surface area contributed by atoms with Crippen molar-refractivity contribution < 1.29 is 4.79 Å². The molecule has 0 aliphatic carbocycles. The Morgan fingerprint density at radius 2 is 1.96 bits per heavy atom. The van der Waals surface area contributed by atoms with Crippen molar-refractivity contribution >= 4 is 16.9 Å². The molecule has 1 N–H and O–H groups in total. The van der Waals surface area contributed by atoms with Crippen molar-refractivity contribution in [2.45, 2.75) is 32.9 Å². The number of imidazole rings is 1. The van der Waals surface area contributed by atoms with Crippen molar-refractivity contribution in [3.63, 3.8) is 0 Å². The molecule has 0 unspecified atom stereocenters. The number of aromatic nitrogens is 3. The normalized spacial score (nSPS) is 11.8. The number of carbonyl (C=O) groups is 1. The summed E-state index contributed by atoms with van der Waals surface area (Å²) in [6.45, 7) is 6.35. The fraction of sp³-hybridized carbons (Fsp3) is 0.333. The van der Waals surface area contributed by atoms with Crippen LogP contribution in [0.4, 0.5) is 0 Å². The number of benzene rings is 1. The van der Waals surface area contributed by atoms with E-state index in [1.807, 2.05) is 75.1 Å². The topological polar surface area (TPSA) is 53.9 Å². The van der Waals surface area contributed by atoms with E-state index in [-0.39, 0.29) is 5.91 Å². The van der Waals surface area contributed by atoms with E-state index in [1.165, 1.54) is 0 Å². The Morgan fingerprint density at radius 3 is 2.61 bits per heavy atom. The molecule has 3 aromatic rings. The number of hydrogen-bond donors (Lipinski definition) is 1. The number of amides is 1. The van der Waals surface area contributed by atoms with E-state index in [0.717, 1.165) is 22.4 Å². The number of H-pyrrole nitrogens is 1. The van der Waals surface area contributed by atoms with Gasteiger partial charge in [0.2, 0.25) is 5.91 Å². The average Bonchev–Trinajstić information content (AvgIpc) is 3.16. The molecule has 5 heteroatoms. The highest BCUT2D eigenvalue weighted by Crippen LogP contribution is 2.20. The molecule has 0 aliphatic rings. The van der Waals surface area contributed by atoms with Crippen molar-refractivity contribution in [3.05, 3.63) is 54.1 Å². The number of likely N-dealkylation sites (N-methyl/N-ethyl adjacent to an activating group) is 1. The van der Waals surface area contributed by atoms with E-state index in [1.54, 1.807) is 4.90 Å². The predicted octanol–water partition coefficient (Wildman–Crippen LogP) is 3.07. The smallest absolute Gasteiger partial charge is 0.248 e. The number of fused-ring (bicyclic) bond motifs is 1. The molecule has 0 spiro atoms. The van der Waals surface area contributed by atoms with Gasteiger partial charge in [0.25, 0.3) is 0 Å². The van der Waals surface area contributed by atoms with Gasteiger partial charge in [0.15, 0.2) is 0 Å². The highest BCUT2D eigenvalue weighted by molar-refractivity contribution is 5.83. The lowest BCUT2D eigenvalue weighted by Gasteiger charge is -2.30. The molecule has 0 radical (unpaired) electrons. The third kappa shape index (κ3) is 2.74. The van der Waals surface area contributed by atoms with Gasteiger partial charge in [-0.1, -0.05) is 12.1 Å². The van der Waals surface area contributed by atoms with Gasteiger partial charge < -0.3 is 14.5 Å². The van der Waals surface area contributed by atoms with E-state index >= 15 is 0 Å². The summed E-state index contributed by atoms with van der Waals surface area (Å²) in [6, 6.07) is 9.90. The van der Waals surface area contributed by atoms with Crippen molar-refractivity contribution in [1.29, 1.82) is 0 Å². The van der Waals surface area contributed by atoms with Crippen LogP contribution in [0.2, 0.25) is 0 Å². The van der Waals surface area contributed by atoms with Gasteiger partial charge >= 0.3 is 0 Å². The summed E-state index contributed by atoms with van der Waals surface area (Å²) in [6.07, 6.45) is 3.83. The second-order valence-electron chi connectivity index (χ2n) is 6.47. The number of para-hydroxylation sites is 1. The molecule has 0 bridgehead atoms. The molecule has 2 aromatic heterocycles. The van der Waals surface area contributed by atoms with E-state index in [4.69, 9.17) is 0 Å². The summed E-state index contributed by atoms with van der Waals surface area (Å²) in [5, 5.41) is 0. The first-order valence-corrected chi connectivity index (χ1v) is 7.73. The van der Waals surface area contributed by atoms with Gasteiger partial charge in [0, 0.05) is 19.4 Å². The maximum Gasteiger partial charge on any atom is 0.248 e. The van der Waals surface area contributed by atoms with Crippen LogP contribution in [-0.2, 0) is 16.9 Å². The average molecular weight is 310 g/mol. The Labute approximate surface area is 135 Å². The Balaban J connectivity index is 1.81. The SMILES string of the molecule is Cc1cccc2[nH]c(CN(C)C(=O)C(C)(C)n3cccc3)nc12. The molecule has 2 heterocycles. The quantitative estimate of drug-likeness (QED) is 0.805. The summed E-state index contributed by atoms with van der Waals surface area (Å²) in [7, 11) is 1.81. The van der Waals surface area contributed by atoms with Gasteiger partial charge in [0.05, 0.1) is 17.6 Å². The fourth-order valence-corrected chi connectivity index (χ4v) is 2.88. The van der Waals surface area contributed by atoms with Crippen LogP contribution in [0.3, 0.4) is 0 Å². The second-order valence-corrected chi connectivity index (χ2v) is 6.47. The largest absolute Gasteiger partial charge is 0.340 e. The zero-order valence-corrected chi connectivity index (χ0v) is 14.0. The molecule has 0 aliphatic heterocycles. The van der Waals surface area contributed by atoms with Crippen molar-refractivity contribution in [2.75, 3.05) is 7.05 Å². The van der Waals surface area contributed by atoms with Gasteiger partial charge in [-0.05, 0) is 44.5 Å². The van der Waals surface area contributed by atoms with E-state index < -0.39 is 5.54 Å². The van der Waals surface area contributed by atoms with E-state index in [0.29, 0.717) is 6.54 Å². The minimum atomic E-state index is -0.625. The lowest BCUT2D eigenvalue weighted by molar-refractivity contribution is -0.138. The molecule has 5 nitrogen and oxygen atoms in total. The number of rotatable bonds is 4. The number of aryl methyl sites for hydroxylation is 1. The van der Waals surface area contributed by atoms with E-state index in [9.17, 15) is 4.79 Å². The molecule has 1 aromatic carbocycles. The molecule has 120 valence electrons. The summed E-state index contributed by atoms with van der Waals surface area (Å²) in [4.78, 5) is 22.4. The van der Waals surface area contributed by atoms with Crippen LogP contribution in [-0.4, -0.2) is 32.4 Å². The second kappa shape index (κ2) is 5.57. The maximum absolute atomic E-state index is 12.8. The standard InChI is InChI=1S/C18H22N4O/c1-13-8-7-9-14-16(13)20-15(19-14)12-21(4)17(23)18(2,3)22-10-5-6-11-22/h5-11H,12H2,1-4H3,(H,19,20). The number of aromatic amines is 1. The van der Waals surface area contributed by atoms with E-state index in [2.05, 4.69) is 9.97 Å². The van der Waals surface area contributed by atoms with Crippen LogP contribution in [0, 0.1) is 6.92 Å². The number of carbonyl (C=O) groups excluding carboxylic acids is 1. The molecule has 1 amide bonds. The molecule has 23 heavy (non-hydrogen) atoms. The zero-order chi connectivity index (χ0) is 16.6. The van der Waals surface area contributed by atoms with Gasteiger partial charge in [-0.15, -0.1) is 0 Å². The third-order valence-corrected chi connectivity index (χ3v) is 4.27. The monoisotopic (exact) mass is 310 g/mol. The Hall–Kier alpha value is -2.56. The summed E-state index contributed by atoms with van der Waals surface area (Å²) < 4.78 is 1.93. The number of nitrogens with zero attached hydrogens (tertiary/aromatic N) is 3. The molecule has 0 atom stereocenters. The maximum atomic E-state index is 12.8. The summed E-state index contributed by atoms with van der Waals surface area (Å²) >= 11 is 0. The Morgan fingerprint density at radius 1 is 1.26 bits per heavy atom. The number of nitrogens with one attached hydrogen (secondary N) is 1. The zero-order valence-electron chi connectivity index (χ0n) is 14.0. The van der Waals surface area contributed by atoms with Crippen LogP contribution >= 0.6 is 0 Å². The first-order valence-electron chi connectivity index (χ1n) is 7.73. The molecule has 0 saturated heterocycles. The number of hydrogen-bond acceptors (Lipinski definition) is 2. The van der Waals surface area contributed by atoms with Gasteiger partial charge in [-0.3, -0.25) is 4.79 Å². The van der Waals surface area contributed by atoms with Crippen LogP contribution in [0.15, 0.2) is 42.7 Å². The first kappa shape index (κ1) is 15.3. The minimum absolute atomic E-state index is 0.0471. The molecule has 0 fully saturated rings. The predicted molar refractivity (Wildman–Crippen MR) is 91.1 cm³/mol. The summed E-state index contributed by atoms with van der Waals surface area (Å²) in [5.74, 6) is 0.847. The van der Waals surface area contributed by atoms with Crippen molar-refractivity contribution in [1.82, 2.24) is 19.4 Å². The fourth-order valence-electron chi connectivity index (χ4n) is 2.88. The highest BCUT2D eigenvalue weighted by atomic mass is 16.2. The van der Waals surface area contributed by atoms with Gasteiger partial charge in [-0.25, -0.2) is 4.98 Å². The molecular formula is C18H22N4O. The Bertz CT molecular complexity index is 830. The molecular weight excluding hydrogens is 288 g/mol. The van der Waals surface area contributed by atoms with Crippen LogP contribution in [0.5, 0.6) is 0 Å². The Kier molecular flexibility index (Phi) is 3.72. The van der Waals surface area contributed by atoms with Gasteiger partial charge in [-0.2, -0.15) is 0 Å². The van der Waals surface area contributed by atoms with Crippen molar-refractivity contribution in [3.8, 4) is 0 Å². The lowest BCUT2D eigenvalue weighted by Crippen LogP contribution is -2.44. The first-order chi connectivity index (χ1) is 10.9. The van der Waals surface area contributed by atoms with Gasteiger partial charge in [0.1, 0.15) is 11.4 Å². The van der Waals surface area contributed by atoms with Crippen LogP contribution in [0.1, 0.15) is 25.2 Å². The van der Waals surface area contributed by atoms with Crippen molar-refractivity contribution in [2.24, 2.45) is 0 Å². The highest BCUT2D eigenvalue weighted by Gasteiger charge is 2.31. The third-order valence-electron chi connectivity index (χ3n) is 4.27. The van der Waals surface area contributed by atoms with Crippen LogP contribution < -0.4 is 0 Å². The summed E-state index contributed by atoms with van der Waals surface area (Å²) in [5.41, 5.74) is 2.48. The minimum Gasteiger partial charge on any atom is -0.340 e. The lowest BCUT2D eigenvalue weighted by atomic mass is 10.0.